The fourth-order valence-corrected chi connectivity index (χ4v) is 3.30. The minimum atomic E-state index is -1.63. The van der Waals surface area contributed by atoms with Crippen LogP contribution in [0.4, 0.5) is 9.18 Å². The first-order chi connectivity index (χ1) is 14.0. The maximum Gasteiger partial charge on any atom is 0.511 e. The molecule has 0 unspecified atom stereocenters. The van der Waals surface area contributed by atoms with Gasteiger partial charge >= 0.3 is 6.16 Å². The van der Waals surface area contributed by atoms with E-state index < -0.39 is 23.2 Å². The molecule has 1 aromatic heterocycles. The third-order valence-electron chi connectivity index (χ3n) is 4.64. The normalized spacial score (nSPS) is 10.8. The summed E-state index contributed by atoms with van der Waals surface area (Å²) >= 11 is 0. The van der Waals surface area contributed by atoms with Gasteiger partial charge in [-0.05, 0) is 28.8 Å². The summed E-state index contributed by atoms with van der Waals surface area (Å²) in [6.07, 6.45) is -0.333. The Bertz CT molecular complexity index is 1250. The molecule has 0 spiro atoms. The minimum absolute atomic E-state index is 0.202. The molecular formula is C23H16FNO4. The fraction of sp³-hybridized carbons (Fsp3) is 0.0435. The van der Waals surface area contributed by atoms with E-state index in [2.05, 4.69) is 4.74 Å². The second-order valence-electron chi connectivity index (χ2n) is 6.52. The fourth-order valence-electron chi connectivity index (χ4n) is 3.30. The van der Waals surface area contributed by atoms with Crippen LogP contribution in [-0.2, 0) is 6.54 Å². The molecule has 0 aliphatic carbocycles. The molecule has 4 rings (SSSR count). The van der Waals surface area contributed by atoms with Crippen LogP contribution in [-0.4, -0.2) is 15.8 Å². The van der Waals surface area contributed by atoms with E-state index >= 15 is 0 Å². The highest BCUT2D eigenvalue weighted by molar-refractivity contribution is 5.81. The zero-order valence-electron chi connectivity index (χ0n) is 15.2. The zero-order chi connectivity index (χ0) is 20.4. The van der Waals surface area contributed by atoms with Gasteiger partial charge < -0.3 is 14.4 Å². The summed E-state index contributed by atoms with van der Waals surface area (Å²) in [5.41, 5.74) is 2.61. The van der Waals surface area contributed by atoms with Gasteiger partial charge in [-0.25, -0.2) is 9.18 Å². The lowest BCUT2D eigenvalue weighted by molar-refractivity contribution is 0.144. The Balaban J connectivity index is 1.76. The number of hydrogen-bond donors (Lipinski definition) is 1. The number of carboxylic acid groups (broad SMARTS) is 1. The van der Waals surface area contributed by atoms with E-state index in [1.807, 2.05) is 54.6 Å². The number of ether oxygens (including phenoxy) is 1. The number of carbonyl (C=O) groups is 1. The van der Waals surface area contributed by atoms with Gasteiger partial charge in [-0.1, -0.05) is 60.7 Å². The standard InChI is InChI=1S/C23H16FNO4/c24-18-7-4-8-19-21(18)22(26)20(29-23(27)28)14-25(19)13-15-9-11-17(12-10-15)16-5-2-1-3-6-16/h1-12,14H,13H2,(H,27,28). The first-order valence-corrected chi connectivity index (χ1v) is 8.90. The number of benzene rings is 3. The third-order valence-corrected chi connectivity index (χ3v) is 4.64. The number of hydrogen-bond acceptors (Lipinski definition) is 3. The third kappa shape index (κ3) is 3.73. The summed E-state index contributed by atoms with van der Waals surface area (Å²) in [7, 11) is 0. The summed E-state index contributed by atoms with van der Waals surface area (Å²) in [4.78, 5) is 23.4. The van der Waals surface area contributed by atoms with E-state index in [0.717, 1.165) is 22.8 Å². The Kier molecular flexibility index (Phi) is 4.83. The van der Waals surface area contributed by atoms with Crippen molar-refractivity contribution in [2.24, 2.45) is 0 Å². The molecule has 4 aromatic rings. The maximum absolute atomic E-state index is 14.3. The molecule has 1 heterocycles. The summed E-state index contributed by atoms with van der Waals surface area (Å²) in [6.45, 7) is 0.311. The Labute approximate surface area is 165 Å². The van der Waals surface area contributed by atoms with Gasteiger partial charge in [0.15, 0.2) is 5.75 Å². The van der Waals surface area contributed by atoms with Crippen molar-refractivity contribution < 1.29 is 19.0 Å². The van der Waals surface area contributed by atoms with Crippen molar-refractivity contribution in [3.05, 3.63) is 101 Å². The Morgan fingerprint density at radius 3 is 2.31 bits per heavy atom. The second kappa shape index (κ2) is 7.59. The zero-order valence-corrected chi connectivity index (χ0v) is 15.2. The number of halogens is 1. The first kappa shape index (κ1) is 18.4. The van der Waals surface area contributed by atoms with Gasteiger partial charge in [-0.2, -0.15) is 0 Å². The molecule has 0 aliphatic heterocycles. The molecule has 0 saturated heterocycles. The highest BCUT2D eigenvalue weighted by atomic mass is 19.1. The van der Waals surface area contributed by atoms with Crippen molar-refractivity contribution >= 4 is 17.1 Å². The molecule has 0 atom stereocenters. The predicted octanol–water partition coefficient (Wildman–Crippen LogP) is 4.91. The smallest absolute Gasteiger partial charge is 0.449 e. The Morgan fingerprint density at radius 2 is 1.62 bits per heavy atom. The number of aromatic nitrogens is 1. The molecule has 1 N–H and O–H groups in total. The van der Waals surface area contributed by atoms with Gasteiger partial charge in [0.2, 0.25) is 5.43 Å². The van der Waals surface area contributed by atoms with Crippen molar-refractivity contribution in [3.8, 4) is 16.9 Å². The van der Waals surface area contributed by atoms with Crippen LogP contribution in [0.3, 0.4) is 0 Å². The van der Waals surface area contributed by atoms with Crippen LogP contribution < -0.4 is 10.2 Å². The molecule has 6 heteroatoms. The van der Waals surface area contributed by atoms with Gasteiger partial charge in [-0.15, -0.1) is 0 Å². The van der Waals surface area contributed by atoms with Crippen molar-refractivity contribution in [2.75, 3.05) is 0 Å². The summed E-state index contributed by atoms with van der Waals surface area (Å²) in [5.74, 6) is -1.16. The van der Waals surface area contributed by atoms with Crippen LogP contribution in [0.25, 0.3) is 22.0 Å². The van der Waals surface area contributed by atoms with Crippen LogP contribution in [0.15, 0.2) is 83.8 Å². The topological polar surface area (TPSA) is 68.5 Å². The minimum Gasteiger partial charge on any atom is -0.449 e. The van der Waals surface area contributed by atoms with Crippen LogP contribution in [0.5, 0.6) is 5.75 Å². The molecule has 0 saturated carbocycles. The Hall–Kier alpha value is -3.93. The lowest BCUT2D eigenvalue weighted by Crippen LogP contribution is -2.17. The monoisotopic (exact) mass is 389 g/mol. The first-order valence-electron chi connectivity index (χ1n) is 8.90. The van der Waals surface area contributed by atoms with Crippen molar-refractivity contribution in [2.45, 2.75) is 6.54 Å². The van der Waals surface area contributed by atoms with Crippen LogP contribution >= 0.6 is 0 Å². The van der Waals surface area contributed by atoms with Crippen molar-refractivity contribution in [3.63, 3.8) is 0 Å². The van der Waals surface area contributed by atoms with Gasteiger partial charge in [0.1, 0.15) is 5.82 Å². The number of rotatable bonds is 4. The van der Waals surface area contributed by atoms with Crippen LogP contribution in [0.1, 0.15) is 5.56 Å². The molecule has 3 aromatic carbocycles. The number of nitrogens with zero attached hydrogens (tertiary/aromatic N) is 1. The summed E-state index contributed by atoms with van der Waals surface area (Å²) in [6, 6.07) is 22.0. The quantitative estimate of drug-likeness (QED) is 0.504. The highest BCUT2D eigenvalue weighted by Gasteiger charge is 2.16. The van der Waals surface area contributed by atoms with Gasteiger partial charge in [0, 0.05) is 6.54 Å². The molecule has 0 amide bonds. The SMILES string of the molecule is O=C(O)Oc1cn(Cc2ccc(-c3ccccc3)cc2)c2cccc(F)c2c1=O. The van der Waals surface area contributed by atoms with Gasteiger partial charge in [-0.3, -0.25) is 4.79 Å². The van der Waals surface area contributed by atoms with E-state index in [9.17, 15) is 14.0 Å². The molecule has 0 radical (unpaired) electrons. The van der Waals surface area contributed by atoms with E-state index in [1.165, 1.54) is 12.3 Å². The summed E-state index contributed by atoms with van der Waals surface area (Å²) in [5, 5.41) is 8.69. The molecule has 29 heavy (non-hydrogen) atoms. The highest BCUT2D eigenvalue weighted by Crippen LogP contribution is 2.22. The molecule has 5 nitrogen and oxygen atoms in total. The number of pyridine rings is 1. The molecule has 0 fully saturated rings. The maximum atomic E-state index is 14.3. The lowest BCUT2D eigenvalue weighted by Gasteiger charge is -2.14. The van der Waals surface area contributed by atoms with Crippen LogP contribution in [0, 0.1) is 5.82 Å². The summed E-state index contributed by atoms with van der Waals surface area (Å²) < 4.78 is 20.5. The molecule has 0 bridgehead atoms. The van der Waals surface area contributed by atoms with E-state index in [4.69, 9.17) is 5.11 Å². The molecule has 0 aliphatic rings. The predicted molar refractivity (Wildman–Crippen MR) is 108 cm³/mol. The average Bonchev–Trinajstić information content (AvgIpc) is 2.72. The van der Waals surface area contributed by atoms with Crippen LogP contribution in [0.2, 0.25) is 0 Å². The van der Waals surface area contributed by atoms with Gasteiger partial charge in [0.25, 0.3) is 0 Å². The van der Waals surface area contributed by atoms with E-state index in [0.29, 0.717) is 12.1 Å². The largest absolute Gasteiger partial charge is 0.511 e. The van der Waals surface area contributed by atoms with E-state index in [-0.39, 0.29) is 5.39 Å². The van der Waals surface area contributed by atoms with E-state index in [1.54, 1.807) is 10.6 Å². The molecule has 144 valence electrons. The second-order valence-corrected chi connectivity index (χ2v) is 6.52. The van der Waals surface area contributed by atoms with Crippen molar-refractivity contribution in [1.82, 2.24) is 4.57 Å². The average molecular weight is 389 g/mol. The van der Waals surface area contributed by atoms with Crippen molar-refractivity contribution in [1.29, 1.82) is 0 Å². The Morgan fingerprint density at radius 1 is 0.931 bits per heavy atom. The number of fused-ring (bicyclic) bond motifs is 1. The lowest BCUT2D eigenvalue weighted by atomic mass is 10.0. The van der Waals surface area contributed by atoms with Gasteiger partial charge in [0.05, 0.1) is 17.1 Å². The molecular weight excluding hydrogens is 373 g/mol.